The monoisotopic (exact) mass is 302 g/mol. The molecule has 0 bridgehead atoms. The highest BCUT2D eigenvalue weighted by molar-refractivity contribution is 5.27. The van der Waals surface area contributed by atoms with E-state index in [4.69, 9.17) is 0 Å². The van der Waals surface area contributed by atoms with Gasteiger partial charge in [0.1, 0.15) is 5.82 Å². The number of rotatable bonds is 2. The third kappa shape index (κ3) is 3.06. The second-order valence-electron chi connectivity index (χ2n) is 6.21. The molecule has 21 heavy (non-hydrogen) atoms. The molecule has 0 aliphatic carbocycles. The van der Waals surface area contributed by atoms with Crippen molar-refractivity contribution in [2.75, 3.05) is 26.2 Å². The summed E-state index contributed by atoms with van der Waals surface area (Å²) in [5.41, 5.74) is -0.303. The van der Waals surface area contributed by atoms with Crippen LogP contribution in [0.4, 0.5) is 17.6 Å². The number of likely N-dealkylation sites (tertiary alicyclic amines) is 1. The zero-order valence-electron chi connectivity index (χ0n) is 11.6. The first-order valence-electron chi connectivity index (χ1n) is 7.17. The molecule has 3 rings (SSSR count). The molecule has 1 aromatic rings. The van der Waals surface area contributed by atoms with Crippen molar-refractivity contribution >= 4 is 0 Å². The second kappa shape index (κ2) is 5.25. The maximum atomic E-state index is 13.2. The standard InChI is InChI=1S/C15H18F4N2/c16-13-2-1-11(7-12(13)15(17,18)19)8-21-9-14(10-21)3-5-20-6-4-14/h1-2,7,20H,3-6,8-10H2. The molecule has 1 spiro atoms. The number of halogens is 4. The van der Waals surface area contributed by atoms with E-state index in [0.717, 1.165) is 51.2 Å². The number of alkyl halides is 3. The van der Waals surface area contributed by atoms with Crippen molar-refractivity contribution < 1.29 is 17.6 Å². The quantitative estimate of drug-likeness (QED) is 0.845. The number of piperidine rings is 1. The van der Waals surface area contributed by atoms with Gasteiger partial charge < -0.3 is 5.32 Å². The Morgan fingerprint density at radius 1 is 1.14 bits per heavy atom. The number of hydrogen-bond donors (Lipinski definition) is 1. The van der Waals surface area contributed by atoms with Crippen LogP contribution in [0.3, 0.4) is 0 Å². The van der Waals surface area contributed by atoms with E-state index in [1.807, 2.05) is 0 Å². The molecule has 0 unspecified atom stereocenters. The first-order chi connectivity index (χ1) is 9.88. The van der Waals surface area contributed by atoms with Crippen molar-refractivity contribution in [1.29, 1.82) is 0 Å². The summed E-state index contributed by atoms with van der Waals surface area (Å²) < 4.78 is 51.3. The summed E-state index contributed by atoms with van der Waals surface area (Å²) in [5, 5.41) is 3.32. The van der Waals surface area contributed by atoms with Crippen LogP contribution in [-0.4, -0.2) is 31.1 Å². The van der Waals surface area contributed by atoms with Gasteiger partial charge in [0.05, 0.1) is 5.56 Å². The first-order valence-corrected chi connectivity index (χ1v) is 7.17. The number of hydrogen-bond acceptors (Lipinski definition) is 2. The minimum absolute atomic E-state index is 0.345. The maximum Gasteiger partial charge on any atom is 0.419 e. The normalized spacial score (nSPS) is 22.3. The van der Waals surface area contributed by atoms with Gasteiger partial charge in [-0.25, -0.2) is 4.39 Å². The Balaban J connectivity index is 1.64. The average Bonchev–Trinajstić information content (AvgIpc) is 2.39. The van der Waals surface area contributed by atoms with Crippen LogP contribution >= 0.6 is 0 Å². The van der Waals surface area contributed by atoms with Gasteiger partial charge in [-0.2, -0.15) is 13.2 Å². The number of benzene rings is 1. The molecule has 0 saturated carbocycles. The van der Waals surface area contributed by atoms with Crippen LogP contribution in [0.2, 0.25) is 0 Å². The van der Waals surface area contributed by atoms with Gasteiger partial charge in [0.2, 0.25) is 0 Å². The third-order valence-electron chi connectivity index (χ3n) is 4.52. The van der Waals surface area contributed by atoms with Crippen LogP contribution in [0, 0.1) is 11.2 Å². The van der Waals surface area contributed by atoms with Crippen LogP contribution in [0.25, 0.3) is 0 Å². The lowest BCUT2D eigenvalue weighted by Gasteiger charge is -2.52. The van der Waals surface area contributed by atoms with Gasteiger partial charge in [0, 0.05) is 19.6 Å². The van der Waals surface area contributed by atoms with Crippen molar-refractivity contribution in [3.05, 3.63) is 35.1 Å². The Bertz CT molecular complexity index is 513. The molecular weight excluding hydrogens is 284 g/mol. The lowest BCUT2D eigenvalue weighted by molar-refractivity contribution is -0.140. The van der Waals surface area contributed by atoms with Crippen LogP contribution in [0.15, 0.2) is 18.2 Å². The van der Waals surface area contributed by atoms with Crippen molar-refractivity contribution in [3.8, 4) is 0 Å². The van der Waals surface area contributed by atoms with Crippen LogP contribution in [0.1, 0.15) is 24.0 Å². The van der Waals surface area contributed by atoms with Crippen molar-refractivity contribution in [2.45, 2.75) is 25.6 Å². The first kappa shape index (κ1) is 14.8. The Morgan fingerprint density at radius 3 is 2.43 bits per heavy atom. The lowest BCUT2D eigenvalue weighted by atomic mass is 9.72. The van der Waals surface area contributed by atoms with Gasteiger partial charge in [-0.1, -0.05) is 6.07 Å². The van der Waals surface area contributed by atoms with Crippen molar-refractivity contribution in [1.82, 2.24) is 10.2 Å². The van der Waals surface area contributed by atoms with Crippen molar-refractivity contribution in [2.24, 2.45) is 5.41 Å². The highest BCUT2D eigenvalue weighted by Crippen LogP contribution is 2.39. The average molecular weight is 302 g/mol. The Labute approximate surface area is 121 Å². The molecule has 2 saturated heterocycles. The van der Waals surface area contributed by atoms with E-state index >= 15 is 0 Å². The fourth-order valence-corrected chi connectivity index (χ4v) is 3.43. The molecule has 0 amide bonds. The lowest BCUT2D eigenvalue weighted by Crippen LogP contribution is -2.59. The molecule has 6 heteroatoms. The predicted molar refractivity (Wildman–Crippen MR) is 71.2 cm³/mol. The molecule has 2 heterocycles. The van der Waals surface area contributed by atoms with Crippen molar-refractivity contribution in [3.63, 3.8) is 0 Å². The Morgan fingerprint density at radius 2 is 1.81 bits per heavy atom. The SMILES string of the molecule is Fc1ccc(CN2CC3(CCNCC3)C2)cc1C(F)(F)F. The molecule has 2 aliphatic heterocycles. The highest BCUT2D eigenvalue weighted by atomic mass is 19.4. The van der Waals surface area contributed by atoms with E-state index in [1.54, 1.807) is 0 Å². The Hall–Kier alpha value is -1.14. The molecule has 1 aromatic carbocycles. The van der Waals surface area contributed by atoms with E-state index in [1.165, 1.54) is 6.07 Å². The summed E-state index contributed by atoms with van der Waals surface area (Å²) in [6, 6.07) is 3.29. The van der Waals surface area contributed by atoms with Gasteiger partial charge in [-0.15, -0.1) is 0 Å². The summed E-state index contributed by atoms with van der Waals surface area (Å²) >= 11 is 0. The third-order valence-corrected chi connectivity index (χ3v) is 4.52. The summed E-state index contributed by atoms with van der Waals surface area (Å²) in [6.45, 7) is 4.34. The molecule has 0 radical (unpaired) electrons. The van der Waals surface area contributed by atoms with Gasteiger partial charge in [-0.05, 0) is 49.0 Å². The molecule has 2 aliphatic rings. The van der Waals surface area contributed by atoms with E-state index in [2.05, 4.69) is 10.2 Å². The Kier molecular flexibility index (Phi) is 3.69. The van der Waals surface area contributed by atoms with Gasteiger partial charge in [0.25, 0.3) is 0 Å². The smallest absolute Gasteiger partial charge is 0.317 e. The topological polar surface area (TPSA) is 15.3 Å². The summed E-state index contributed by atoms with van der Waals surface area (Å²) in [6.07, 6.45) is -2.38. The van der Waals surface area contributed by atoms with Gasteiger partial charge in [0.15, 0.2) is 0 Å². The molecular formula is C15H18F4N2. The summed E-state index contributed by atoms with van der Waals surface area (Å²) in [4.78, 5) is 2.14. The molecule has 0 atom stereocenters. The van der Waals surface area contributed by atoms with E-state index < -0.39 is 17.6 Å². The fraction of sp³-hybridized carbons (Fsp3) is 0.600. The molecule has 116 valence electrons. The molecule has 0 aromatic heterocycles. The zero-order valence-corrected chi connectivity index (χ0v) is 11.6. The largest absolute Gasteiger partial charge is 0.419 e. The van der Waals surface area contributed by atoms with Crippen LogP contribution < -0.4 is 5.32 Å². The van der Waals surface area contributed by atoms with E-state index in [0.29, 0.717) is 17.5 Å². The predicted octanol–water partition coefficient (Wildman–Crippen LogP) is 3.03. The van der Waals surface area contributed by atoms with Crippen LogP contribution in [-0.2, 0) is 12.7 Å². The maximum absolute atomic E-state index is 13.2. The minimum Gasteiger partial charge on any atom is -0.317 e. The zero-order chi connectivity index (χ0) is 15.1. The number of nitrogens with zero attached hydrogens (tertiary/aromatic N) is 1. The summed E-state index contributed by atoms with van der Waals surface area (Å²) in [7, 11) is 0. The second-order valence-corrected chi connectivity index (χ2v) is 6.21. The van der Waals surface area contributed by atoms with E-state index in [-0.39, 0.29) is 0 Å². The van der Waals surface area contributed by atoms with Gasteiger partial charge >= 0.3 is 6.18 Å². The molecule has 2 fully saturated rings. The summed E-state index contributed by atoms with van der Waals surface area (Å²) in [5.74, 6) is -1.20. The molecule has 2 nitrogen and oxygen atoms in total. The minimum atomic E-state index is -4.63. The van der Waals surface area contributed by atoms with Gasteiger partial charge in [-0.3, -0.25) is 4.90 Å². The molecule has 1 N–H and O–H groups in total. The van der Waals surface area contributed by atoms with E-state index in [9.17, 15) is 17.6 Å². The fourth-order valence-electron chi connectivity index (χ4n) is 3.43. The number of nitrogens with one attached hydrogen (secondary N) is 1. The van der Waals surface area contributed by atoms with Crippen LogP contribution in [0.5, 0.6) is 0 Å². The highest BCUT2D eigenvalue weighted by Gasteiger charge is 2.43.